The number of halogens is 2. The molecule has 0 radical (unpaired) electrons. The number of benzene rings is 1. The van der Waals surface area contributed by atoms with Crippen LogP contribution in [0.4, 0.5) is 10.2 Å². The van der Waals surface area contributed by atoms with Gasteiger partial charge >= 0.3 is 0 Å². The van der Waals surface area contributed by atoms with Crippen molar-refractivity contribution in [2.24, 2.45) is 12.8 Å². The number of nitrogens with one attached hydrogen (secondary N) is 1. The molecule has 5 N–H and O–H groups in total. The molecule has 0 saturated heterocycles. The number of H-pyrrole nitrogens is 1. The third-order valence-corrected chi connectivity index (χ3v) is 5.91. The minimum atomic E-state index is -0.791. The Morgan fingerprint density at radius 3 is 2.85 bits per heavy atom. The van der Waals surface area contributed by atoms with Crippen LogP contribution < -0.4 is 21.8 Å². The van der Waals surface area contributed by atoms with Crippen LogP contribution in [0.5, 0.6) is 5.75 Å². The Labute approximate surface area is 196 Å². The first-order valence-corrected chi connectivity index (χ1v) is 10.7. The maximum absolute atomic E-state index is 15.4. The lowest BCUT2D eigenvalue weighted by Crippen LogP contribution is -2.15. The average Bonchev–Trinajstić information content (AvgIpc) is 3.55. The van der Waals surface area contributed by atoms with Crippen LogP contribution in [0.25, 0.3) is 33.3 Å². The van der Waals surface area contributed by atoms with Crippen LogP contribution >= 0.6 is 11.6 Å². The number of aromatic nitrogens is 5. The van der Waals surface area contributed by atoms with Gasteiger partial charge in [-0.2, -0.15) is 15.5 Å². The Morgan fingerprint density at radius 1 is 1.41 bits per heavy atom. The normalized spacial score (nSPS) is 13.3. The lowest BCUT2D eigenvalue weighted by molar-refractivity contribution is 0.302. The first kappa shape index (κ1) is 21.8. The largest absolute Gasteiger partial charge is 0.489 e. The van der Waals surface area contributed by atoms with Crippen LogP contribution in [0.2, 0.25) is 5.02 Å². The summed E-state index contributed by atoms with van der Waals surface area (Å²) in [6, 6.07) is 4.95. The fourth-order valence-electron chi connectivity index (χ4n) is 3.88. The fraction of sp³-hybridized carbons (Fsp3) is 0.227. The highest BCUT2D eigenvalue weighted by Crippen LogP contribution is 2.42. The summed E-state index contributed by atoms with van der Waals surface area (Å²) in [6.07, 6.45) is 3.13. The molecule has 1 aliphatic carbocycles. The topological polar surface area (TPSA) is 162 Å². The Hall–Kier alpha value is -4.01. The molecule has 4 aromatic rings. The van der Waals surface area contributed by atoms with Gasteiger partial charge in [0.1, 0.15) is 23.2 Å². The maximum atomic E-state index is 15.4. The van der Waals surface area contributed by atoms with Gasteiger partial charge in [-0.15, -0.1) is 0 Å². The fourth-order valence-corrected chi connectivity index (χ4v) is 4.07. The van der Waals surface area contributed by atoms with Crippen molar-refractivity contribution in [3.63, 3.8) is 0 Å². The zero-order valence-electron chi connectivity index (χ0n) is 17.9. The number of ether oxygens (including phenoxy) is 1. The number of fused-ring (bicyclic) bond motifs is 1. The van der Waals surface area contributed by atoms with Gasteiger partial charge in [0.05, 0.1) is 45.4 Å². The van der Waals surface area contributed by atoms with E-state index in [-0.39, 0.29) is 51.4 Å². The molecule has 5 rings (SSSR count). The number of nitrogens with two attached hydrogens (primary N) is 2. The first-order chi connectivity index (χ1) is 16.3. The van der Waals surface area contributed by atoms with E-state index >= 15 is 4.39 Å². The molecule has 0 bridgehead atoms. The van der Waals surface area contributed by atoms with Crippen molar-refractivity contribution in [2.75, 3.05) is 5.73 Å². The van der Waals surface area contributed by atoms with Gasteiger partial charge in [-0.3, -0.25) is 9.48 Å². The van der Waals surface area contributed by atoms with Crippen molar-refractivity contribution < 1.29 is 9.13 Å². The summed E-state index contributed by atoms with van der Waals surface area (Å²) >= 11 is 6.19. The number of hydrogen-bond donors (Lipinski definition) is 3. The number of nitrogens with zero attached hydrogens (tertiary/aromatic N) is 5. The maximum Gasteiger partial charge on any atom is 0.275 e. The van der Waals surface area contributed by atoms with Gasteiger partial charge in [-0.1, -0.05) is 11.6 Å². The molecule has 0 spiro atoms. The second-order valence-corrected chi connectivity index (χ2v) is 8.31. The van der Waals surface area contributed by atoms with Crippen LogP contribution in [0, 0.1) is 17.1 Å². The Bertz CT molecular complexity index is 1570. The highest BCUT2D eigenvalue weighted by Gasteiger charge is 2.30. The van der Waals surface area contributed by atoms with Crippen molar-refractivity contribution in [1.82, 2.24) is 25.0 Å². The number of anilines is 1. The molecule has 0 unspecified atom stereocenters. The van der Waals surface area contributed by atoms with Gasteiger partial charge in [0.15, 0.2) is 5.82 Å². The van der Waals surface area contributed by atoms with Crippen molar-refractivity contribution >= 4 is 28.2 Å². The van der Waals surface area contributed by atoms with Crippen molar-refractivity contribution in [2.45, 2.75) is 25.5 Å². The molecule has 172 valence electrons. The molecular formula is C22H18ClFN8O2. The quantitative estimate of drug-likeness (QED) is 0.392. The van der Waals surface area contributed by atoms with Crippen molar-refractivity contribution in [3.05, 3.63) is 50.8 Å². The van der Waals surface area contributed by atoms with E-state index in [4.69, 9.17) is 27.8 Å². The summed E-state index contributed by atoms with van der Waals surface area (Å²) in [7, 11) is 1.60. The summed E-state index contributed by atoms with van der Waals surface area (Å²) < 4.78 is 22.7. The first-order valence-electron chi connectivity index (χ1n) is 10.3. The number of rotatable bonds is 5. The third-order valence-electron chi connectivity index (χ3n) is 5.64. The number of pyridine rings is 1. The molecule has 12 heteroatoms. The third kappa shape index (κ3) is 3.44. The van der Waals surface area contributed by atoms with Gasteiger partial charge in [-0.25, -0.2) is 14.5 Å². The number of nitriles is 1. The number of nitrogen functional groups attached to an aromatic ring is 1. The van der Waals surface area contributed by atoms with E-state index in [1.807, 2.05) is 6.07 Å². The zero-order valence-corrected chi connectivity index (χ0v) is 18.6. The molecule has 0 atom stereocenters. The highest BCUT2D eigenvalue weighted by atomic mass is 35.5. The second kappa shape index (κ2) is 8.09. The Morgan fingerprint density at radius 2 is 2.18 bits per heavy atom. The molecule has 3 aromatic heterocycles. The minimum absolute atomic E-state index is 0.00632. The van der Waals surface area contributed by atoms with Crippen LogP contribution in [0.15, 0.2) is 23.1 Å². The molecule has 1 fully saturated rings. The van der Waals surface area contributed by atoms with Gasteiger partial charge < -0.3 is 16.2 Å². The van der Waals surface area contributed by atoms with Gasteiger partial charge in [-0.05, 0) is 18.9 Å². The van der Waals surface area contributed by atoms with Crippen LogP contribution in [0.1, 0.15) is 24.1 Å². The molecule has 34 heavy (non-hydrogen) atoms. The lowest BCUT2D eigenvalue weighted by Gasteiger charge is -2.15. The summed E-state index contributed by atoms with van der Waals surface area (Å²) in [5, 5.41) is 20.9. The minimum Gasteiger partial charge on any atom is -0.489 e. The molecule has 0 aliphatic heterocycles. The second-order valence-electron chi connectivity index (χ2n) is 7.90. The van der Waals surface area contributed by atoms with Crippen molar-refractivity contribution in [1.29, 1.82) is 5.26 Å². The monoisotopic (exact) mass is 480 g/mol. The van der Waals surface area contributed by atoms with Crippen molar-refractivity contribution in [3.8, 4) is 34.3 Å². The van der Waals surface area contributed by atoms with E-state index in [0.717, 1.165) is 12.8 Å². The van der Waals surface area contributed by atoms with E-state index in [9.17, 15) is 10.1 Å². The molecule has 1 aliphatic rings. The predicted octanol–water partition coefficient (Wildman–Crippen LogP) is 2.63. The predicted molar refractivity (Wildman–Crippen MR) is 123 cm³/mol. The number of hydrogen-bond acceptors (Lipinski definition) is 8. The highest BCUT2D eigenvalue weighted by molar-refractivity contribution is 6.31. The summed E-state index contributed by atoms with van der Waals surface area (Å²) in [4.78, 5) is 16.7. The molecule has 0 amide bonds. The van der Waals surface area contributed by atoms with Crippen LogP contribution in [-0.4, -0.2) is 31.1 Å². The van der Waals surface area contributed by atoms with Gasteiger partial charge in [0, 0.05) is 30.6 Å². The summed E-state index contributed by atoms with van der Waals surface area (Å²) in [6.45, 7) is 0.0411. The van der Waals surface area contributed by atoms with E-state index in [1.165, 1.54) is 16.9 Å². The van der Waals surface area contributed by atoms with Crippen LogP contribution in [-0.2, 0) is 13.6 Å². The number of aryl methyl sites for hydroxylation is 1. The summed E-state index contributed by atoms with van der Waals surface area (Å²) in [5.41, 5.74) is 12.6. The van der Waals surface area contributed by atoms with Gasteiger partial charge in [0.25, 0.3) is 5.56 Å². The van der Waals surface area contributed by atoms with E-state index in [2.05, 4.69) is 20.3 Å². The summed E-state index contributed by atoms with van der Waals surface area (Å²) in [5.74, 6) is -0.642. The Kier molecular flexibility index (Phi) is 5.19. The molecule has 10 nitrogen and oxygen atoms in total. The SMILES string of the molecule is Cn1ncc(-c2cc3c(CN)n[nH]c(=O)c3c(N)n2)c1-c1c(F)c(Cl)cc(OC2CC2)c1C#N. The number of aromatic amines is 1. The smallest absolute Gasteiger partial charge is 0.275 e. The average molecular weight is 481 g/mol. The zero-order chi connectivity index (χ0) is 24.1. The van der Waals surface area contributed by atoms with E-state index < -0.39 is 11.4 Å². The van der Waals surface area contributed by atoms with Gasteiger partial charge in [0.2, 0.25) is 0 Å². The van der Waals surface area contributed by atoms with E-state index in [1.54, 1.807) is 13.1 Å². The molecule has 3 heterocycles. The van der Waals surface area contributed by atoms with Crippen LogP contribution in [0.3, 0.4) is 0 Å². The molecule has 1 saturated carbocycles. The Balaban J connectivity index is 1.79. The standard InChI is InChI=1S/C22H18ClFN8O2/c1-32-20(17-11(6-25)16(34-9-2-3-9)5-13(23)19(17)24)12(8-28-32)14-4-10-15(7-26)30-31-22(33)18(10)21(27)29-14/h4-5,8-9H,2-3,7,26H2,1H3,(H2,27,29)(H,31,33). The molecular weight excluding hydrogens is 463 g/mol. The lowest BCUT2D eigenvalue weighted by atomic mass is 9.98. The molecule has 1 aromatic carbocycles. The van der Waals surface area contributed by atoms with E-state index in [0.29, 0.717) is 22.3 Å².